The summed E-state index contributed by atoms with van der Waals surface area (Å²) in [5, 5.41) is 9.99. The third-order valence-corrected chi connectivity index (χ3v) is 6.39. The minimum absolute atomic E-state index is 0.0495. The van der Waals surface area contributed by atoms with Gasteiger partial charge in [0.05, 0.1) is 9.90 Å². The average molecular weight is 453 g/mol. The fourth-order valence-electron chi connectivity index (χ4n) is 2.87. The van der Waals surface area contributed by atoms with E-state index in [2.05, 4.69) is 17.2 Å². The van der Waals surface area contributed by atoms with Crippen LogP contribution in [0.25, 0.3) is 11.3 Å². The molecule has 0 saturated heterocycles. The highest BCUT2D eigenvalue weighted by atomic mass is 32.2. The first-order chi connectivity index (χ1) is 14.9. The van der Waals surface area contributed by atoms with E-state index in [4.69, 9.17) is 14.9 Å². The molecular weight excluding hydrogens is 432 g/mol. The van der Waals surface area contributed by atoms with E-state index >= 15 is 0 Å². The number of pyridine rings is 1. The number of nitrogens with zero attached hydrogens (tertiary/aromatic N) is 2. The summed E-state index contributed by atoms with van der Waals surface area (Å²) in [6, 6.07) is 19.6. The van der Waals surface area contributed by atoms with Gasteiger partial charge >= 0.3 is 0 Å². The van der Waals surface area contributed by atoms with Crippen LogP contribution < -0.4 is 15.2 Å². The van der Waals surface area contributed by atoms with Crippen molar-refractivity contribution in [2.24, 2.45) is 5.14 Å². The van der Waals surface area contributed by atoms with Crippen LogP contribution in [0.1, 0.15) is 11.9 Å². The van der Waals surface area contributed by atoms with Gasteiger partial charge in [-0.3, -0.25) is 0 Å². The minimum Gasteiger partial charge on any atom is -0.444 e. The molecule has 2 aromatic carbocycles. The predicted molar refractivity (Wildman–Crippen MR) is 122 cm³/mol. The predicted octanol–water partition coefficient (Wildman–Crippen LogP) is 4.95. The fourth-order valence-corrected chi connectivity index (χ4v) is 4.28. The van der Waals surface area contributed by atoms with E-state index in [1.54, 1.807) is 30.5 Å². The highest BCUT2D eigenvalue weighted by molar-refractivity contribution is 7.89. The van der Waals surface area contributed by atoms with Crippen molar-refractivity contribution in [2.75, 3.05) is 5.32 Å². The molecule has 0 amide bonds. The number of sulfonamides is 1. The van der Waals surface area contributed by atoms with Crippen LogP contribution >= 0.6 is 11.3 Å². The second-order valence-corrected chi connectivity index (χ2v) is 9.24. The lowest BCUT2D eigenvalue weighted by Gasteiger charge is -2.09. The Morgan fingerprint density at radius 1 is 1.06 bits per heavy atom. The number of aryl methyl sites for hydroxylation is 1. The molecule has 2 aromatic heterocycles. The summed E-state index contributed by atoms with van der Waals surface area (Å²) in [5.74, 6) is 1.17. The summed E-state index contributed by atoms with van der Waals surface area (Å²) in [6.07, 6.45) is 2.46. The number of ether oxygens (including phenoxy) is 1. The molecule has 4 aromatic rings. The molecule has 4 rings (SSSR count). The third kappa shape index (κ3) is 5.08. The van der Waals surface area contributed by atoms with Crippen LogP contribution in [0, 0.1) is 0 Å². The Labute approximate surface area is 184 Å². The first kappa shape index (κ1) is 21.0. The molecule has 3 N–H and O–H groups in total. The Morgan fingerprint density at radius 2 is 1.81 bits per heavy atom. The molecule has 0 fully saturated rings. The van der Waals surface area contributed by atoms with Crippen molar-refractivity contribution in [3.05, 3.63) is 77.9 Å². The number of benzene rings is 2. The lowest BCUT2D eigenvalue weighted by molar-refractivity contribution is 0.496. The monoisotopic (exact) mass is 452 g/mol. The van der Waals surface area contributed by atoms with Crippen LogP contribution in [0.5, 0.6) is 10.8 Å². The van der Waals surface area contributed by atoms with Crippen LogP contribution in [0.2, 0.25) is 0 Å². The van der Waals surface area contributed by atoms with Crippen molar-refractivity contribution in [3.63, 3.8) is 0 Å². The third-order valence-electron chi connectivity index (χ3n) is 4.39. The van der Waals surface area contributed by atoms with Crippen molar-refractivity contribution in [1.82, 2.24) is 9.97 Å². The van der Waals surface area contributed by atoms with Crippen LogP contribution in [0.4, 0.5) is 11.5 Å². The molecule has 9 heteroatoms. The van der Waals surface area contributed by atoms with Gasteiger partial charge in [0.15, 0.2) is 0 Å². The van der Waals surface area contributed by atoms with Gasteiger partial charge in [-0.05, 0) is 36.8 Å². The van der Waals surface area contributed by atoms with E-state index in [1.807, 2.05) is 30.3 Å². The van der Waals surface area contributed by atoms with E-state index in [0.29, 0.717) is 17.3 Å². The number of hydrogen-bond donors (Lipinski definition) is 2. The molecule has 31 heavy (non-hydrogen) atoms. The summed E-state index contributed by atoms with van der Waals surface area (Å²) in [6.45, 7) is 2.06. The van der Waals surface area contributed by atoms with Crippen molar-refractivity contribution in [3.8, 4) is 22.1 Å². The van der Waals surface area contributed by atoms with Crippen LogP contribution in [0.3, 0.4) is 0 Å². The quantitative estimate of drug-likeness (QED) is 0.411. The molecule has 0 atom stereocenters. The standard InChI is InChI=1S/C22H20N4O3S2/c1-2-20-26-21(15-6-4-3-5-7-15)22(30-20)29-17-12-13-24-19(14-17)25-16-8-10-18(11-9-16)31(23,27)28/h3-14H,2H2,1H3,(H,24,25)(H2,23,27,28). The first-order valence-electron chi connectivity index (χ1n) is 9.51. The fraction of sp³-hybridized carbons (Fsp3) is 0.0909. The molecule has 158 valence electrons. The number of thiazole rings is 1. The Bertz CT molecular complexity index is 1290. The van der Waals surface area contributed by atoms with Crippen molar-refractivity contribution in [1.29, 1.82) is 0 Å². The molecule has 0 unspecified atom stereocenters. The smallest absolute Gasteiger partial charge is 0.238 e. The van der Waals surface area contributed by atoms with Crippen LogP contribution in [0.15, 0.2) is 77.8 Å². The molecule has 7 nitrogen and oxygen atoms in total. The lowest BCUT2D eigenvalue weighted by atomic mass is 10.2. The van der Waals surface area contributed by atoms with Gasteiger partial charge in [-0.2, -0.15) is 0 Å². The van der Waals surface area contributed by atoms with Gasteiger partial charge in [0, 0.05) is 23.5 Å². The second-order valence-electron chi connectivity index (χ2n) is 6.64. The normalized spacial score (nSPS) is 11.3. The Balaban J connectivity index is 1.56. The summed E-state index contributed by atoms with van der Waals surface area (Å²) < 4.78 is 29.0. The van der Waals surface area contributed by atoms with Crippen molar-refractivity contribution in [2.45, 2.75) is 18.2 Å². The molecule has 0 bridgehead atoms. The molecule has 0 spiro atoms. The van der Waals surface area contributed by atoms with E-state index in [1.165, 1.54) is 23.5 Å². The van der Waals surface area contributed by atoms with Gasteiger partial charge in [0.25, 0.3) is 0 Å². The second kappa shape index (κ2) is 8.84. The molecular formula is C22H20N4O3S2. The SMILES string of the molecule is CCc1nc(-c2ccccc2)c(Oc2ccnc(Nc3ccc(S(N)(=O)=O)cc3)c2)s1. The van der Waals surface area contributed by atoms with Gasteiger partial charge in [0.1, 0.15) is 17.3 Å². The number of anilines is 2. The molecule has 0 aliphatic carbocycles. The number of rotatable bonds is 7. The van der Waals surface area contributed by atoms with Crippen LogP contribution in [-0.4, -0.2) is 18.4 Å². The summed E-state index contributed by atoms with van der Waals surface area (Å²) in [5.41, 5.74) is 2.48. The van der Waals surface area contributed by atoms with Crippen molar-refractivity contribution >= 4 is 32.9 Å². The molecule has 0 saturated carbocycles. The van der Waals surface area contributed by atoms with Gasteiger partial charge < -0.3 is 10.1 Å². The molecule has 0 aliphatic heterocycles. The maximum absolute atomic E-state index is 11.4. The topological polar surface area (TPSA) is 107 Å². The summed E-state index contributed by atoms with van der Waals surface area (Å²) >= 11 is 1.52. The first-order valence-corrected chi connectivity index (χ1v) is 11.9. The van der Waals surface area contributed by atoms with E-state index in [0.717, 1.165) is 27.7 Å². The number of aromatic nitrogens is 2. The van der Waals surface area contributed by atoms with Gasteiger partial charge in [0.2, 0.25) is 15.1 Å². The maximum atomic E-state index is 11.4. The largest absolute Gasteiger partial charge is 0.444 e. The zero-order chi connectivity index (χ0) is 21.8. The Kier molecular flexibility index (Phi) is 5.99. The number of nitrogens with two attached hydrogens (primary N) is 1. The minimum atomic E-state index is -3.73. The van der Waals surface area contributed by atoms with E-state index < -0.39 is 10.0 Å². The Hall–Kier alpha value is -3.27. The highest BCUT2D eigenvalue weighted by Crippen LogP contribution is 2.38. The number of nitrogens with one attached hydrogen (secondary N) is 1. The van der Waals surface area contributed by atoms with E-state index in [9.17, 15) is 8.42 Å². The molecule has 2 heterocycles. The Morgan fingerprint density at radius 3 is 2.48 bits per heavy atom. The summed E-state index contributed by atoms with van der Waals surface area (Å²) in [7, 11) is -3.73. The van der Waals surface area contributed by atoms with Crippen molar-refractivity contribution < 1.29 is 13.2 Å². The van der Waals surface area contributed by atoms with Gasteiger partial charge in [-0.15, -0.1) is 0 Å². The molecule has 0 aliphatic rings. The molecule has 0 radical (unpaired) electrons. The van der Waals surface area contributed by atoms with Crippen LogP contribution in [-0.2, 0) is 16.4 Å². The summed E-state index contributed by atoms with van der Waals surface area (Å²) in [4.78, 5) is 9.07. The van der Waals surface area contributed by atoms with Gasteiger partial charge in [-0.1, -0.05) is 48.6 Å². The maximum Gasteiger partial charge on any atom is 0.238 e. The number of hydrogen-bond acceptors (Lipinski definition) is 7. The zero-order valence-electron chi connectivity index (χ0n) is 16.6. The van der Waals surface area contributed by atoms with Gasteiger partial charge in [-0.25, -0.2) is 23.5 Å². The van der Waals surface area contributed by atoms with E-state index in [-0.39, 0.29) is 4.90 Å². The average Bonchev–Trinajstić information content (AvgIpc) is 3.17. The lowest BCUT2D eigenvalue weighted by Crippen LogP contribution is -2.11. The zero-order valence-corrected chi connectivity index (χ0v) is 18.3. The highest BCUT2D eigenvalue weighted by Gasteiger charge is 2.15. The number of primary sulfonamides is 1.